The third-order valence-electron chi connectivity index (χ3n) is 3.98. The molecule has 0 saturated carbocycles. The van der Waals surface area contributed by atoms with Crippen molar-refractivity contribution in [2.45, 2.75) is 19.3 Å². The zero-order valence-electron chi connectivity index (χ0n) is 9.51. The topological polar surface area (TPSA) is 29.3 Å². The molecule has 0 N–H and O–H groups in total. The molecule has 3 nitrogen and oxygen atoms in total. The van der Waals surface area contributed by atoms with Gasteiger partial charge in [0.2, 0.25) is 0 Å². The first-order valence-electron chi connectivity index (χ1n) is 6.23. The lowest BCUT2D eigenvalue weighted by Crippen LogP contribution is -2.30. The van der Waals surface area contributed by atoms with Gasteiger partial charge in [-0.15, -0.1) is 0 Å². The van der Waals surface area contributed by atoms with Gasteiger partial charge in [0, 0.05) is 6.07 Å². The van der Waals surface area contributed by atoms with Gasteiger partial charge < -0.3 is 9.42 Å². The summed E-state index contributed by atoms with van der Waals surface area (Å²) >= 11 is 0. The number of rotatable bonds is 2. The molecule has 4 rings (SSSR count). The third kappa shape index (κ3) is 2.05. The number of aromatic nitrogens is 1. The van der Waals surface area contributed by atoms with E-state index in [1.807, 2.05) is 6.07 Å². The van der Waals surface area contributed by atoms with E-state index in [-0.39, 0.29) is 0 Å². The van der Waals surface area contributed by atoms with Gasteiger partial charge in [0.05, 0.1) is 6.20 Å². The van der Waals surface area contributed by atoms with Gasteiger partial charge in [-0.2, -0.15) is 0 Å². The van der Waals surface area contributed by atoms with Crippen LogP contribution in [0.1, 0.15) is 25.0 Å². The van der Waals surface area contributed by atoms with Crippen LogP contribution in [0.2, 0.25) is 0 Å². The van der Waals surface area contributed by atoms with Gasteiger partial charge in [0.25, 0.3) is 0 Å². The van der Waals surface area contributed by atoms with Crippen molar-refractivity contribution in [2.75, 3.05) is 19.6 Å². The molecule has 4 heterocycles. The molecule has 0 aliphatic carbocycles. The van der Waals surface area contributed by atoms with E-state index in [4.69, 9.17) is 4.52 Å². The minimum absolute atomic E-state index is 0.734. The summed E-state index contributed by atoms with van der Waals surface area (Å²) in [4.78, 5) is 2.60. The van der Waals surface area contributed by atoms with Crippen molar-refractivity contribution in [1.82, 2.24) is 10.1 Å². The van der Waals surface area contributed by atoms with E-state index in [0.717, 1.165) is 17.6 Å². The Bertz CT molecular complexity index is 350. The van der Waals surface area contributed by atoms with Crippen LogP contribution < -0.4 is 0 Å². The van der Waals surface area contributed by atoms with E-state index in [9.17, 15) is 0 Å². The number of hydrogen-bond donors (Lipinski definition) is 0. The molecule has 0 aromatic carbocycles. The van der Waals surface area contributed by atoms with Crippen LogP contribution in [0.4, 0.5) is 0 Å². The van der Waals surface area contributed by atoms with Gasteiger partial charge in [-0.1, -0.05) is 11.2 Å². The van der Waals surface area contributed by atoms with Crippen LogP contribution in [0.3, 0.4) is 0 Å². The average Bonchev–Trinajstić information content (AvgIpc) is 2.69. The molecule has 1 atom stereocenters. The Balaban J connectivity index is 1.70. The van der Waals surface area contributed by atoms with Crippen molar-refractivity contribution in [2.24, 2.45) is 11.8 Å². The Morgan fingerprint density at radius 1 is 1.25 bits per heavy atom. The molecular formula is C13H18N2O. The van der Waals surface area contributed by atoms with Gasteiger partial charge in [-0.05, 0) is 56.8 Å². The van der Waals surface area contributed by atoms with Gasteiger partial charge in [0.1, 0.15) is 0 Å². The van der Waals surface area contributed by atoms with Crippen molar-refractivity contribution in [3.8, 4) is 0 Å². The van der Waals surface area contributed by atoms with E-state index in [2.05, 4.69) is 22.2 Å². The van der Waals surface area contributed by atoms with Gasteiger partial charge in [-0.25, -0.2) is 0 Å². The molecule has 1 aromatic rings. The fraction of sp³-hybridized carbons (Fsp3) is 0.615. The highest BCUT2D eigenvalue weighted by Gasteiger charge is 2.29. The highest BCUT2D eigenvalue weighted by atomic mass is 16.5. The molecule has 1 unspecified atom stereocenters. The summed E-state index contributed by atoms with van der Waals surface area (Å²) in [5.74, 6) is 2.50. The second kappa shape index (κ2) is 4.42. The third-order valence-corrected chi connectivity index (χ3v) is 3.98. The summed E-state index contributed by atoms with van der Waals surface area (Å²) in [6, 6.07) is 1.91. The summed E-state index contributed by atoms with van der Waals surface area (Å²) < 4.78 is 5.09. The summed E-state index contributed by atoms with van der Waals surface area (Å²) in [5.41, 5.74) is 0. The lowest BCUT2D eigenvalue weighted by atomic mass is 9.84. The average molecular weight is 218 g/mol. The lowest BCUT2D eigenvalue weighted by molar-refractivity contribution is 0.217. The zero-order valence-corrected chi connectivity index (χ0v) is 9.51. The van der Waals surface area contributed by atoms with E-state index in [1.165, 1.54) is 38.9 Å². The molecule has 0 radical (unpaired) electrons. The first kappa shape index (κ1) is 10.1. The van der Waals surface area contributed by atoms with Crippen LogP contribution in [0.15, 0.2) is 22.9 Å². The molecule has 3 aliphatic heterocycles. The van der Waals surface area contributed by atoms with Crippen LogP contribution in [-0.2, 0) is 0 Å². The predicted octanol–water partition coefficient (Wildman–Crippen LogP) is 2.42. The second-order valence-corrected chi connectivity index (χ2v) is 4.91. The van der Waals surface area contributed by atoms with Crippen molar-refractivity contribution in [3.63, 3.8) is 0 Å². The normalized spacial score (nSPS) is 34.4. The minimum atomic E-state index is 0.734. The highest BCUT2D eigenvalue weighted by molar-refractivity contribution is 5.41. The summed E-state index contributed by atoms with van der Waals surface area (Å²) in [6.45, 7) is 3.87. The smallest absolute Gasteiger partial charge is 0.159 e. The maximum atomic E-state index is 5.09. The van der Waals surface area contributed by atoms with E-state index in [0.29, 0.717) is 0 Å². The van der Waals surface area contributed by atoms with Gasteiger partial charge in [0.15, 0.2) is 5.76 Å². The fourth-order valence-corrected chi connectivity index (χ4v) is 2.96. The van der Waals surface area contributed by atoms with Crippen molar-refractivity contribution < 1.29 is 4.52 Å². The van der Waals surface area contributed by atoms with Crippen molar-refractivity contribution in [1.29, 1.82) is 0 Å². The molecule has 1 aromatic heterocycles. The molecule has 3 fully saturated rings. The number of allylic oxidation sites excluding steroid dienone is 1. The van der Waals surface area contributed by atoms with Crippen LogP contribution in [0.25, 0.3) is 6.08 Å². The Hall–Kier alpha value is -1.09. The fourth-order valence-electron chi connectivity index (χ4n) is 2.96. The first-order chi connectivity index (χ1) is 7.92. The van der Waals surface area contributed by atoms with E-state index in [1.54, 1.807) is 6.20 Å². The quantitative estimate of drug-likeness (QED) is 0.763. The lowest BCUT2D eigenvalue weighted by Gasteiger charge is -2.27. The van der Waals surface area contributed by atoms with Gasteiger partial charge >= 0.3 is 0 Å². The number of fused-ring (bicyclic) bond motifs is 4. The summed E-state index contributed by atoms with van der Waals surface area (Å²) in [7, 11) is 0. The minimum Gasteiger partial charge on any atom is -0.357 e. The van der Waals surface area contributed by atoms with E-state index >= 15 is 0 Å². The molecule has 86 valence electrons. The highest BCUT2D eigenvalue weighted by Crippen LogP contribution is 2.32. The Morgan fingerprint density at radius 3 is 2.81 bits per heavy atom. The molecule has 3 heteroatoms. The predicted molar refractivity (Wildman–Crippen MR) is 62.8 cm³/mol. The molecule has 16 heavy (non-hydrogen) atoms. The first-order valence-corrected chi connectivity index (χ1v) is 6.23. The van der Waals surface area contributed by atoms with Crippen LogP contribution in [0.5, 0.6) is 0 Å². The molecule has 0 spiro atoms. The Labute approximate surface area is 96.1 Å². The SMILES string of the molecule is C(=C\C1CCN2CCC1CC2)/c1ccno1. The standard InChI is InChI=1S/C13H18N2O/c1(2-13-3-7-14-16-13)11-4-8-15-9-5-12(11)6-10-15/h1-3,7,11-12H,4-6,8-10H2/b2-1+. The number of hydrogen-bond acceptors (Lipinski definition) is 3. The second-order valence-electron chi connectivity index (χ2n) is 4.91. The summed E-state index contributed by atoms with van der Waals surface area (Å²) in [5, 5.41) is 3.72. The van der Waals surface area contributed by atoms with E-state index < -0.39 is 0 Å². The van der Waals surface area contributed by atoms with Gasteiger partial charge in [-0.3, -0.25) is 0 Å². The molecule has 3 aliphatic rings. The van der Waals surface area contributed by atoms with Crippen LogP contribution >= 0.6 is 0 Å². The number of piperidine rings is 1. The molecule has 2 bridgehead atoms. The Morgan fingerprint density at radius 2 is 2.06 bits per heavy atom. The molecular weight excluding hydrogens is 200 g/mol. The van der Waals surface area contributed by atoms with Crippen molar-refractivity contribution >= 4 is 6.08 Å². The monoisotopic (exact) mass is 218 g/mol. The van der Waals surface area contributed by atoms with Crippen LogP contribution in [0, 0.1) is 11.8 Å². The van der Waals surface area contributed by atoms with Crippen LogP contribution in [-0.4, -0.2) is 29.7 Å². The molecule has 0 amide bonds. The maximum Gasteiger partial charge on any atom is 0.159 e. The largest absolute Gasteiger partial charge is 0.357 e. The maximum absolute atomic E-state index is 5.09. The molecule has 3 saturated heterocycles. The summed E-state index contributed by atoms with van der Waals surface area (Å²) in [6.07, 6.45) is 10.2. The van der Waals surface area contributed by atoms with Crippen molar-refractivity contribution in [3.05, 3.63) is 24.1 Å². The Kier molecular flexibility index (Phi) is 2.79. The number of nitrogens with zero attached hydrogens (tertiary/aromatic N) is 2. The zero-order chi connectivity index (χ0) is 10.8.